The summed E-state index contributed by atoms with van der Waals surface area (Å²) in [7, 11) is 1.56. The van der Waals surface area contributed by atoms with Gasteiger partial charge in [0.2, 0.25) is 0 Å². The Hall–Kier alpha value is -1.40. The fourth-order valence-electron chi connectivity index (χ4n) is 1.46. The van der Waals surface area contributed by atoms with E-state index in [1.54, 1.807) is 26.6 Å². The zero-order valence-electron chi connectivity index (χ0n) is 10.2. The van der Waals surface area contributed by atoms with Crippen LogP contribution in [-0.2, 0) is 16.1 Å². The summed E-state index contributed by atoms with van der Waals surface area (Å²) >= 11 is 0. The number of aliphatic carboxylic acids is 1. The van der Waals surface area contributed by atoms with Gasteiger partial charge in [0.15, 0.2) is 0 Å². The van der Waals surface area contributed by atoms with Crippen molar-refractivity contribution >= 4 is 5.97 Å². The maximum absolute atomic E-state index is 11.2. The third-order valence-corrected chi connectivity index (χ3v) is 2.72. The first-order valence-electron chi connectivity index (χ1n) is 5.51. The highest BCUT2D eigenvalue weighted by Crippen LogP contribution is 2.09. The molecule has 1 aromatic rings. The molecule has 0 saturated heterocycles. The van der Waals surface area contributed by atoms with Gasteiger partial charge in [0, 0.05) is 39.2 Å². The van der Waals surface area contributed by atoms with Gasteiger partial charge in [-0.25, -0.2) is 4.98 Å². The van der Waals surface area contributed by atoms with Crippen molar-refractivity contribution < 1.29 is 14.6 Å². The molecule has 0 aliphatic rings. The largest absolute Gasteiger partial charge is 0.480 e. The average Bonchev–Trinajstić information content (AvgIpc) is 2.79. The molecule has 0 aromatic carbocycles. The summed E-state index contributed by atoms with van der Waals surface area (Å²) in [6.45, 7) is 3.35. The van der Waals surface area contributed by atoms with E-state index in [0.717, 1.165) is 0 Å². The monoisotopic (exact) mass is 241 g/mol. The van der Waals surface area contributed by atoms with Crippen molar-refractivity contribution in [3.8, 4) is 0 Å². The Morgan fingerprint density at radius 1 is 1.65 bits per heavy atom. The molecule has 0 saturated carbocycles. The number of aromatic nitrogens is 2. The second-order valence-electron chi connectivity index (χ2n) is 4.11. The molecule has 6 nitrogen and oxygen atoms in total. The Kier molecular flexibility index (Phi) is 5.11. The molecule has 0 aliphatic carbocycles. The number of carboxylic acid groups (broad SMARTS) is 1. The van der Waals surface area contributed by atoms with Crippen LogP contribution in [0.15, 0.2) is 18.7 Å². The van der Waals surface area contributed by atoms with Gasteiger partial charge < -0.3 is 19.7 Å². The zero-order chi connectivity index (χ0) is 12.7. The van der Waals surface area contributed by atoms with E-state index in [2.05, 4.69) is 10.3 Å². The molecule has 1 aromatic heterocycles. The van der Waals surface area contributed by atoms with Gasteiger partial charge >= 0.3 is 5.97 Å². The molecule has 96 valence electrons. The molecule has 0 radical (unpaired) electrons. The molecule has 2 N–H and O–H groups in total. The molecule has 0 spiro atoms. The van der Waals surface area contributed by atoms with Crippen molar-refractivity contribution in [2.75, 3.05) is 20.3 Å². The second-order valence-corrected chi connectivity index (χ2v) is 4.11. The topological polar surface area (TPSA) is 76.4 Å². The summed E-state index contributed by atoms with van der Waals surface area (Å²) < 4.78 is 6.82. The summed E-state index contributed by atoms with van der Waals surface area (Å²) in [6, 6.07) is 0. The van der Waals surface area contributed by atoms with Crippen molar-refractivity contribution in [3.63, 3.8) is 0 Å². The van der Waals surface area contributed by atoms with Crippen LogP contribution >= 0.6 is 0 Å². The van der Waals surface area contributed by atoms with Gasteiger partial charge in [-0.3, -0.25) is 4.79 Å². The number of hydrogen-bond donors (Lipinski definition) is 2. The molecule has 17 heavy (non-hydrogen) atoms. The number of imidazole rings is 1. The summed E-state index contributed by atoms with van der Waals surface area (Å²) in [5.74, 6) is -0.861. The van der Waals surface area contributed by atoms with Crippen LogP contribution in [0.1, 0.15) is 13.3 Å². The fraction of sp³-hybridized carbons (Fsp3) is 0.636. The molecule has 6 heteroatoms. The SMILES string of the molecule is COCCC(C)(NCCn1ccnc1)C(=O)O. The van der Waals surface area contributed by atoms with E-state index in [1.807, 2.05) is 10.8 Å². The van der Waals surface area contributed by atoms with E-state index in [-0.39, 0.29) is 0 Å². The number of ether oxygens (including phenoxy) is 1. The summed E-state index contributed by atoms with van der Waals surface area (Å²) in [4.78, 5) is 15.1. The van der Waals surface area contributed by atoms with Gasteiger partial charge in [-0.05, 0) is 13.3 Å². The Bertz CT molecular complexity index is 340. The van der Waals surface area contributed by atoms with Gasteiger partial charge in [-0.1, -0.05) is 0 Å². The molecule has 1 atom stereocenters. The highest BCUT2D eigenvalue weighted by molar-refractivity contribution is 5.78. The van der Waals surface area contributed by atoms with Crippen LogP contribution < -0.4 is 5.32 Å². The Morgan fingerprint density at radius 3 is 2.94 bits per heavy atom. The van der Waals surface area contributed by atoms with E-state index in [1.165, 1.54) is 0 Å². The molecule has 1 heterocycles. The third-order valence-electron chi connectivity index (χ3n) is 2.72. The van der Waals surface area contributed by atoms with E-state index in [4.69, 9.17) is 4.74 Å². The predicted molar refractivity (Wildman–Crippen MR) is 62.8 cm³/mol. The van der Waals surface area contributed by atoms with Crippen molar-refractivity contribution in [2.24, 2.45) is 0 Å². The predicted octanol–water partition coefficient (Wildman–Crippen LogP) is 0.352. The third kappa shape index (κ3) is 4.16. The number of carboxylic acids is 1. The summed E-state index contributed by atoms with van der Waals surface area (Å²) in [6.07, 6.45) is 5.67. The van der Waals surface area contributed by atoms with Crippen molar-refractivity contribution in [1.82, 2.24) is 14.9 Å². The van der Waals surface area contributed by atoms with E-state index in [0.29, 0.717) is 26.1 Å². The quantitative estimate of drug-likeness (QED) is 0.687. The lowest BCUT2D eigenvalue weighted by molar-refractivity contribution is -0.145. The fourth-order valence-corrected chi connectivity index (χ4v) is 1.46. The number of hydrogen-bond acceptors (Lipinski definition) is 4. The Balaban J connectivity index is 2.41. The lowest BCUT2D eigenvalue weighted by Crippen LogP contribution is -2.51. The number of carbonyl (C=O) groups is 1. The van der Waals surface area contributed by atoms with Crippen LogP contribution in [0.3, 0.4) is 0 Å². The van der Waals surface area contributed by atoms with E-state index < -0.39 is 11.5 Å². The minimum atomic E-state index is -0.948. The maximum atomic E-state index is 11.2. The van der Waals surface area contributed by atoms with Gasteiger partial charge in [0.05, 0.1) is 6.33 Å². The lowest BCUT2D eigenvalue weighted by Gasteiger charge is -2.26. The Labute approximate surface area is 101 Å². The van der Waals surface area contributed by atoms with Gasteiger partial charge in [-0.2, -0.15) is 0 Å². The smallest absolute Gasteiger partial charge is 0.323 e. The zero-order valence-corrected chi connectivity index (χ0v) is 10.2. The molecule has 0 aliphatic heterocycles. The molecular weight excluding hydrogens is 222 g/mol. The highest BCUT2D eigenvalue weighted by atomic mass is 16.5. The minimum Gasteiger partial charge on any atom is -0.480 e. The second kappa shape index (κ2) is 6.36. The first kappa shape index (κ1) is 13.7. The van der Waals surface area contributed by atoms with Crippen LogP contribution in [0.4, 0.5) is 0 Å². The highest BCUT2D eigenvalue weighted by Gasteiger charge is 2.31. The van der Waals surface area contributed by atoms with Crippen LogP contribution in [0, 0.1) is 0 Å². The molecule has 1 rings (SSSR count). The molecular formula is C11H19N3O3. The van der Waals surface area contributed by atoms with Gasteiger partial charge in [0.1, 0.15) is 5.54 Å². The number of methoxy groups -OCH3 is 1. The lowest BCUT2D eigenvalue weighted by atomic mass is 9.98. The van der Waals surface area contributed by atoms with Crippen LogP contribution in [0.5, 0.6) is 0 Å². The van der Waals surface area contributed by atoms with E-state index >= 15 is 0 Å². The summed E-state index contributed by atoms with van der Waals surface area (Å²) in [5, 5.41) is 12.2. The first-order chi connectivity index (χ1) is 8.08. The maximum Gasteiger partial charge on any atom is 0.323 e. The van der Waals surface area contributed by atoms with Crippen LogP contribution in [-0.4, -0.2) is 46.4 Å². The van der Waals surface area contributed by atoms with Crippen LogP contribution in [0.25, 0.3) is 0 Å². The van der Waals surface area contributed by atoms with Gasteiger partial charge in [-0.15, -0.1) is 0 Å². The van der Waals surface area contributed by atoms with Crippen molar-refractivity contribution in [2.45, 2.75) is 25.4 Å². The number of rotatable bonds is 8. The normalized spacial score (nSPS) is 14.5. The Morgan fingerprint density at radius 2 is 2.41 bits per heavy atom. The van der Waals surface area contributed by atoms with E-state index in [9.17, 15) is 9.90 Å². The molecule has 0 amide bonds. The van der Waals surface area contributed by atoms with Crippen LogP contribution in [0.2, 0.25) is 0 Å². The van der Waals surface area contributed by atoms with Crippen molar-refractivity contribution in [1.29, 1.82) is 0 Å². The molecule has 0 bridgehead atoms. The minimum absolute atomic E-state index is 0.418. The summed E-state index contributed by atoms with van der Waals surface area (Å²) in [5.41, 5.74) is -0.948. The number of nitrogens with one attached hydrogen (secondary N) is 1. The number of nitrogens with zero attached hydrogens (tertiary/aromatic N) is 2. The average molecular weight is 241 g/mol. The first-order valence-corrected chi connectivity index (χ1v) is 5.51. The molecule has 0 fully saturated rings. The standard InChI is InChI=1S/C11H19N3O3/c1-11(10(15)16,3-8-17-2)13-5-7-14-6-4-12-9-14/h4,6,9,13H,3,5,7-8H2,1-2H3,(H,15,16). The molecule has 1 unspecified atom stereocenters. The van der Waals surface area contributed by atoms with Gasteiger partial charge in [0.25, 0.3) is 0 Å². The van der Waals surface area contributed by atoms with Crippen molar-refractivity contribution in [3.05, 3.63) is 18.7 Å².